The van der Waals surface area contributed by atoms with Crippen molar-refractivity contribution in [1.29, 1.82) is 0 Å². The van der Waals surface area contributed by atoms with Gasteiger partial charge in [-0.05, 0) is 24.6 Å². The van der Waals surface area contributed by atoms with Crippen LogP contribution < -0.4 is 0 Å². The van der Waals surface area contributed by atoms with E-state index in [9.17, 15) is 4.79 Å². The average molecular weight is 241 g/mol. The van der Waals surface area contributed by atoms with E-state index < -0.39 is 5.97 Å². The summed E-state index contributed by atoms with van der Waals surface area (Å²) >= 11 is 0. The van der Waals surface area contributed by atoms with Crippen LogP contribution in [0.15, 0.2) is 30.5 Å². The molecule has 0 saturated carbocycles. The first-order chi connectivity index (χ1) is 8.66. The van der Waals surface area contributed by atoms with Gasteiger partial charge in [0.1, 0.15) is 5.69 Å². The van der Waals surface area contributed by atoms with E-state index in [4.69, 9.17) is 5.11 Å². The number of aromatic carboxylic acids is 1. The predicted molar refractivity (Wildman–Crippen MR) is 67.6 cm³/mol. The second kappa shape index (κ2) is 3.73. The maximum Gasteiger partial charge on any atom is 0.353 e. The van der Waals surface area contributed by atoms with Gasteiger partial charge >= 0.3 is 5.97 Å². The highest BCUT2D eigenvalue weighted by Crippen LogP contribution is 2.29. The van der Waals surface area contributed by atoms with E-state index >= 15 is 0 Å². The Balaban J connectivity index is 2.22. The molecule has 1 aromatic carbocycles. The summed E-state index contributed by atoms with van der Waals surface area (Å²) in [4.78, 5) is 14.0. The van der Waals surface area contributed by atoms with Crippen molar-refractivity contribution in [1.82, 2.24) is 15.2 Å². The first-order valence-electron chi connectivity index (χ1n) is 5.52. The number of rotatable bonds is 2. The summed E-state index contributed by atoms with van der Waals surface area (Å²) in [6, 6.07) is 7.52. The lowest BCUT2D eigenvalue weighted by atomic mass is 10.1. The summed E-state index contributed by atoms with van der Waals surface area (Å²) in [7, 11) is 0. The van der Waals surface area contributed by atoms with Crippen LogP contribution in [-0.4, -0.2) is 26.3 Å². The first-order valence-corrected chi connectivity index (χ1v) is 5.52. The molecule has 3 N–H and O–H groups in total. The van der Waals surface area contributed by atoms with Gasteiger partial charge in [-0.15, -0.1) is 0 Å². The molecular formula is C13H11N3O2. The average Bonchev–Trinajstić information content (AvgIpc) is 2.94. The van der Waals surface area contributed by atoms with Crippen LogP contribution in [-0.2, 0) is 0 Å². The number of aryl methyl sites for hydroxylation is 1. The van der Waals surface area contributed by atoms with Gasteiger partial charge < -0.3 is 10.1 Å². The first kappa shape index (κ1) is 10.6. The lowest BCUT2D eigenvalue weighted by molar-refractivity contribution is 0.0690. The van der Waals surface area contributed by atoms with Gasteiger partial charge in [-0.25, -0.2) is 4.79 Å². The predicted octanol–water partition coefficient (Wildman–Crippen LogP) is 2.56. The van der Waals surface area contributed by atoms with Crippen molar-refractivity contribution in [3.05, 3.63) is 41.7 Å². The molecule has 3 rings (SSSR count). The fraction of sp³-hybridized carbons (Fsp3) is 0.0769. The highest BCUT2D eigenvalue weighted by atomic mass is 16.4. The Bertz CT molecular complexity index is 740. The SMILES string of the molecule is Cc1cccc2[nH]cc(-c3cc(C(=O)O)[nH]n3)c12. The zero-order valence-electron chi connectivity index (χ0n) is 9.69. The maximum atomic E-state index is 10.8. The van der Waals surface area contributed by atoms with Crippen LogP contribution in [0.3, 0.4) is 0 Å². The number of fused-ring (bicyclic) bond motifs is 1. The van der Waals surface area contributed by atoms with Gasteiger partial charge in [-0.1, -0.05) is 12.1 Å². The molecule has 0 unspecified atom stereocenters. The number of aromatic nitrogens is 3. The van der Waals surface area contributed by atoms with E-state index in [2.05, 4.69) is 15.2 Å². The molecule has 0 amide bonds. The number of hydrogen-bond acceptors (Lipinski definition) is 2. The molecule has 0 bridgehead atoms. The minimum absolute atomic E-state index is 0.0907. The fourth-order valence-corrected chi connectivity index (χ4v) is 2.14. The summed E-state index contributed by atoms with van der Waals surface area (Å²) < 4.78 is 0. The lowest BCUT2D eigenvalue weighted by Gasteiger charge is -1.98. The second-order valence-electron chi connectivity index (χ2n) is 4.17. The zero-order chi connectivity index (χ0) is 12.7. The molecule has 2 aromatic heterocycles. The topological polar surface area (TPSA) is 81.8 Å². The van der Waals surface area contributed by atoms with Gasteiger partial charge in [0, 0.05) is 22.7 Å². The number of carboxylic acid groups (broad SMARTS) is 1. The summed E-state index contributed by atoms with van der Waals surface area (Å²) in [5.41, 5.74) is 3.78. The van der Waals surface area contributed by atoms with Crippen molar-refractivity contribution < 1.29 is 9.90 Å². The Morgan fingerprint density at radius 1 is 1.39 bits per heavy atom. The summed E-state index contributed by atoms with van der Waals surface area (Å²) in [6.07, 6.45) is 1.85. The van der Waals surface area contributed by atoms with Crippen molar-refractivity contribution in [3.8, 4) is 11.3 Å². The Labute approximate surface area is 102 Å². The van der Waals surface area contributed by atoms with Crippen molar-refractivity contribution in [3.63, 3.8) is 0 Å². The van der Waals surface area contributed by atoms with E-state index in [0.717, 1.165) is 22.0 Å². The fourth-order valence-electron chi connectivity index (χ4n) is 2.14. The van der Waals surface area contributed by atoms with Crippen LogP contribution in [0.2, 0.25) is 0 Å². The maximum absolute atomic E-state index is 10.8. The van der Waals surface area contributed by atoms with E-state index in [1.165, 1.54) is 6.07 Å². The van der Waals surface area contributed by atoms with E-state index in [-0.39, 0.29) is 5.69 Å². The van der Waals surface area contributed by atoms with Crippen LogP contribution in [0.5, 0.6) is 0 Å². The number of nitrogens with zero attached hydrogens (tertiary/aromatic N) is 1. The van der Waals surface area contributed by atoms with Crippen LogP contribution in [0.1, 0.15) is 16.1 Å². The van der Waals surface area contributed by atoms with Crippen molar-refractivity contribution in [2.75, 3.05) is 0 Å². The normalized spacial score (nSPS) is 10.9. The molecule has 0 atom stereocenters. The minimum Gasteiger partial charge on any atom is -0.477 e. The molecule has 18 heavy (non-hydrogen) atoms. The number of nitrogens with one attached hydrogen (secondary N) is 2. The molecule has 0 spiro atoms. The minimum atomic E-state index is -1.01. The van der Waals surface area contributed by atoms with Crippen LogP contribution in [0, 0.1) is 6.92 Å². The van der Waals surface area contributed by atoms with Gasteiger partial charge in [0.05, 0.1) is 5.69 Å². The molecule has 0 saturated heterocycles. The highest BCUT2D eigenvalue weighted by molar-refractivity contribution is 5.98. The number of carbonyl (C=O) groups is 1. The van der Waals surface area contributed by atoms with Gasteiger partial charge in [0.2, 0.25) is 0 Å². The van der Waals surface area contributed by atoms with E-state index in [1.807, 2.05) is 31.3 Å². The number of aromatic amines is 2. The molecule has 3 aromatic rings. The van der Waals surface area contributed by atoms with Crippen LogP contribution >= 0.6 is 0 Å². The van der Waals surface area contributed by atoms with Crippen molar-refractivity contribution in [2.45, 2.75) is 6.92 Å². The van der Waals surface area contributed by atoms with Crippen LogP contribution in [0.25, 0.3) is 22.2 Å². The molecule has 0 radical (unpaired) electrons. The summed E-state index contributed by atoms with van der Waals surface area (Å²) in [5.74, 6) is -1.01. The molecule has 5 heteroatoms. The molecule has 0 fully saturated rings. The van der Waals surface area contributed by atoms with Gasteiger partial charge in [-0.2, -0.15) is 5.10 Å². The van der Waals surface area contributed by atoms with Gasteiger partial charge in [0.15, 0.2) is 0 Å². The molecule has 0 aliphatic rings. The quantitative estimate of drug-likeness (QED) is 0.644. The smallest absolute Gasteiger partial charge is 0.353 e. The third-order valence-corrected chi connectivity index (χ3v) is 3.00. The van der Waals surface area contributed by atoms with Crippen LogP contribution in [0.4, 0.5) is 0 Å². The third kappa shape index (κ3) is 1.48. The molecule has 0 aliphatic carbocycles. The number of carboxylic acids is 1. The summed E-state index contributed by atoms with van der Waals surface area (Å²) in [6.45, 7) is 2.02. The second-order valence-corrected chi connectivity index (χ2v) is 4.17. The summed E-state index contributed by atoms with van der Waals surface area (Å²) in [5, 5.41) is 16.5. The molecule has 90 valence electrons. The number of benzene rings is 1. The van der Waals surface area contributed by atoms with Crippen molar-refractivity contribution >= 4 is 16.9 Å². The molecule has 2 heterocycles. The molecular weight excluding hydrogens is 230 g/mol. The highest BCUT2D eigenvalue weighted by Gasteiger charge is 2.13. The molecule has 5 nitrogen and oxygen atoms in total. The van der Waals surface area contributed by atoms with Gasteiger partial charge in [0.25, 0.3) is 0 Å². The standard InChI is InChI=1S/C13H11N3O2/c1-7-3-2-4-9-12(7)8(6-14-9)10-5-11(13(17)18)16-15-10/h2-6,14H,1H3,(H,15,16)(H,17,18). The Morgan fingerprint density at radius 2 is 2.22 bits per heavy atom. The Hall–Kier alpha value is -2.56. The third-order valence-electron chi connectivity index (χ3n) is 3.00. The van der Waals surface area contributed by atoms with E-state index in [0.29, 0.717) is 5.69 Å². The number of H-pyrrole nitrogens is 2. The lowest BCUT2D eigenvalue weighted by Crippen LogP contribution is -1.95. The Morgan fingerprint density at radius 3 is 2.94 bits per heavy atom. The largest absolute Gasteiger partial charge is 0.477 e. The van der Waals surface area contributed by atoms with E-state index in [1.54, 1.807) is 0 Å². The van der Waals surface area contributed by atoms with Crippen molar-refractivity contribution in [2.24, 2.45) is 0 Å². The number of hydrogen-bond donors (Lipinski definition) is 3. The molecule has 0 aliphatic heterocycles. The Kier molecular flexibility index (Phi) is 2.19. The monoisotopic (exact) mass is 241 g/mol. The van der Waals surface area contributed by atoms with Gasteiger partial charge in [-0.3, -0.25) is 5.10 Å². The zero-order valence-corrected chi connectivity index (χ0v) is 9.69.